The van der Waals surface area contributed by atoms with Gasteiger partial charge in [-0.05, 0) is 19.8 Å². The normalized spacial score (nSPS) is 14.5. The van der Waals surface area contributed by atoms with Gasteiger partial charge in [0.1, 0.15) is 10.7 Å². The first-order valence-electron chi connectivity index (χ1n) is 6.09. The van der Waals surface area contributed by atoms with E-state index in [1.54, 1.807) is 0 Å². The molecule has 1 fully saturated rings. The van der Waals surface area contributed by atoms with Crippen LogP contribution in [0.15, 0.2) is 0 Å². The molecule has 6 nitrogen and oxygen atoms in total. The van der Waals surface area contributed by atoms with E-state index in [0.29, 0.717) is 30.7 Å². The van der Waals surface area contributed by atoms with E-state index in [2.05, 4.69) is 15.6 Å². The molecular weight excluding hydrogens is 252 g/mol. The van der Waals surface area contributed by atoms with Crippen LogP contribution >= 0.6 is 11.3 Å². The van der Waals surface area contributed by atoms with Gasteiger partial charge in [0.25, 0.3) is 5.91 Å². The third-order valence-electron chi connectivity index (χ3n) is 2.50. The Morgan fingerprint density at radius 1 is 1.61 bits per heavy atom. The molecule has 1 aliphatic rings. The molecular formula is C11H18N4O2S. The SMILES string of the molecule is CCOCCNC(=O)c1sc(NC2CC2)nc1N. The Labute approximate surface area is 110 Å². The van der Waals surface area contributed by atoms with Crippen LogP contribution in [-0.4, -0.2) is 36.7 Å². The van der Waals surface area contributed by atoms with Crippen molar-refractivity contribution in [1.82, 2.24) is 10.3 Å². The first kappa shape index (κ1) is 13.1. The Balaban J connectivity index is 1.86. The summed E-state index contributed by atoms with van der Waals surface area (Å²) >= 11 is 1.30. The van der Waals surface area contributed by atoms with Crippen LogP contribution in [0, 0.1) is 0 Å². The molecule has 7 heteroatoms. The van der Waals surface area contributed by atoms with E-state index in [0.717, 1.165) is 18.0 Å². The fourth-order valence-electron chi connectivity index (χ4n) is 1.42. The van der Waals surface area contributed by atoms with Crippen molar-refractivity contribution >= 4 is 28.2 Å². The summed E-state index contributed by atoms with van der Waals surface area (Å²) in [6.45, 7) is 3.55. The number of nitrogens with zero attached hydrogens (tertiary/aromatic N) is 1. The number of amides is 1. The maximum Gasteiger partial charge on any atom is 0.265 e. The van der Waals surface area contributed by atoms with Crippen LogP contribution in [-0.2, 0) is 4.74 Å². The summed E-state index contributed by atoms with van der Waals surface area (Å²) in [4.78, 5) is 16.5. The summed E-state index contributed by atoms with van der Waals surface area (Å²) in [5, 5.41) is 6.71. The predicted octanol–water partition coefficient (Wildman–Crippen LogP) is 1.07. The number of carbonyl (C=O) groups excluding carboxylic acids is 1. The molecule has 0 atom stereocenters. The Kier molecular flexibility index (Phi) is 4.38. The monoisotopic (exact) mass is 270 g/mol. The minimum absolute atomic E-state index is 0.187. The number of ether oxygens (including phenoxy) is 1. The van der Waals surface area contributed by atoms with Gasteiger partial charge in [0.2, 0.25) is 0 Å². The molecule has 1 aromatic heterocycles. The average Bonchev–Trinajstić information content (AvgIpc) is 3.07. The van der Waals surface area contributed by atoms with Crippen molar-refractivity contribution in [3.63, 3.8) is 0 Å². The van der Waals surface area contributed by atoms with Gasteiger partial charge in [-0.3, -0.25) is 4.79 Å². The highest BCUT2D eigenvalue weighted by Gasteiger charge is 2.24. The largest absolute Gasteiger partial charge is 0.382 e. The van der Waals surface area contributed by atoms with Crippen LogP contribution in [0.5, 0.6) is 0 Å². The molecule has 1 heterocycles. The lowest BCUT2D eigenvalue weighted by atomic mass is 10.4. The number of thiazole rings is 1. The highest BCUT2D eigenvalue weighted by atomic mass is 32.1. The maximum atomic E-state index is 11.8. The van der Waals surface area contributed by atoms with Gasteiger partial charge < -0.3 is 21.1 Å². The van der Waals surface area contributed by atoms with Crippen molar-refractivity contribution < 1.29 is 9.53 Å². The van der Waals surface area contributed by atoms with Gasteiger partial charge in [0.05, 0.1) is 6.61 Å². The summed E-state index contributed by atoms with van der Waals surface area (Å²) in [6, 6.07) is 0.504. The van der Waals surface area contributed by atoms with E-state index < -0.39 is 0 Å². The van der Waals surface area contributed by atoms with E-state index in [1.807, 2.05) is 6.92 Å². The second-order valence-corrected chi connectivity index (χ2v) is 5.10. The van der Waals surface area contributed by atoms with Crippen LogP contribution in [0.25, 0.3) is 0 Å². The Morgan fingerprint density at radius 2 is 2.39 bits per heavy atom. The molecule has 100 valence electrons. The van der Waals surface area contributed by atoms with Gasteiger partial charge in [-0.25, -0.2) is 4.98 Å². The summed E-state index contributed by atoms with van der Waals surface area (Å²) in [5.41, 5.74) is 5.74. The maximum absolute atomic E-state index is 11.8. The molecule has 1 amide bonds. The van der Waals surface area contributed by atoms with Crippen molar-refractivity contribution in [2.45, 2.75) is 25.8 Å². The lowest BCUT2D eigenvalue weighted by molar-refractivity contribution is 0.0927. The number of aromatic nitrogens is 1. The molecule has 2 rings (SSSR count). The summed E-state index contributed by atoms with van der Waals surface area (Å²) in [7, 11) is 0. The van der Waals surface area contributed by atoms with Crippen molar-refractivity contribution in [2.24, 2.45) is 0 Å². The van der Waals surface area contributed by atoms with E-state index in [9.17, 15) is 4.79 Å². The van der Waals surface area contributed by atoms with Gasteiger partial charge in [-0.2, -0.15) is 0 Å². The van der Waals surface area contributed by atoms with Gasteiger partial charge in [0, 0.05) is 19.2 Å². The second kappa shape index (κ2) is 6.01. The predicted molar refractivity (Wildman–Crippen MR) is 72.0 cm³/mol. The highest BCUT2D eigenvalue weighted by Crippen LogP contribution is 2.30. The molecule has 18 heavy (non-hydrogen) atoms. The van der Waals surface area contributed by atoms with Crippen molar-refractivity contribution in [2.75, 3.05) is 30.8 Å². The third-order valence-corrected chi connectivity index (χ3v) is 3.50. The number of nitrogens with two attached hydrogens (primary N) is 1. The molecule has 1 aliphatic carbocycles. The topological polar surface area (TPSA) is 89.3 Å². The summed E-state index contributed by atoms with van der Waals surface area (Å²) in [6.07, 6.45) is 2.32. The number of rotatable bonds is 7. The molecule has 0 aliphatic heterocycles. The van der Waals surface area contributed by atoms with Gasteiger partial charge in [-0.15, -0.1) is 0 Å². The number of nitrogen functional groups attached to an aromatic ring is 1. The zero-order valence-electron chi connectivity index (χ0n) is 10.4. The Hall–Kier alpha value is -1.34. The van der Waals surface area contributed by atoms with Crippen LogP contribution in [0.2, 0.25) is 0 Å². The molecule has 0 spiro atoms. The second-order valence-electron chi connectivity index (χ2n) is 4.10. The number of anilines is 2. The quantitative estimate of drug-likeness (QED) is 0.645. The molecule has 0 unspecified atom stereocenters. The molecule has 4 N–H and O–H groups in total. The summed E-state index contributed by atoms with van der Waals surface area (Å²) in [5.74, 6) is 0.102. The lowest BCUT2D eigenvalue weighted by Gasteiger charge is -2.03. The lowest BCUT2D eigenvalue weighted by Crippen LogP contribution is -2.27. The van der Waals surface area contributed by atoms with Crippen LogP contribution in [0.4, 0.5) is 10.9 Å². The average molecular weight is 270 g/mol. The standard InChI is InChI=1S/C11H18N4O2S/c1-2-17-6-5-13-10(16)8-9(12)15-11(18-8)14-7-3-4-7/h7H,2-6,12H2,1H3,(H,13,16)(H,14,15). The van der Waals surface area contributed by atoms with Crippen molar-refractivity contribution in [1.29, 1.82) is 0 Å². The molecule has 1 aromatic rings. The minimum atomic E-state index is -0.187. The first-order chi connectivity index (χ1) is 8.70. The molecule has 0 saturated heterocycles. The smallest absolute Gasteiger partial charge is 0.265 e. The van der Waals surface area contributed by atoms with E-state index in [4.69, 9.17) is 10.5 Å². The zero-order chi connectivity index (χ0) is 13.0. The fourth-order valence-corrected chi connectivity index (χ4v) is 2.30. The van der Waals surface area contributed by atoms with Gasteiger partial charge >= 0.3 is 0 Å². The number of nitrogens with one attached hydrogen (secondary N) is 2. The number of hydrogen-bond acceptors (Lipinski definition) is 6. The Bertz CT molecular complexity index is 417. The van der Waals surface area contributed by atoms with Crippen molar-refractivity contribution in [3.8, 4) is 0 Å². The van der Waals surface area contributed by atoms with Crippen LogP contribution in [0.1, 0.15) is 29.4 Å². The third kappa shape index (κ3) is 3.58. The molecule has 0 bridgehead atoms. The summed E-state index contributed by atoms with van der Waals surface area (Å²) < 4.78 is 5.15. The van der Waals surface area contributed by atoms with Gasteiger partial charge in [-0.1, -0.05) is 11.3 Å². The fraction of sp³-hybridized carbons (Fsp3) is 0.636. The molecule has 0 radical (unpaired) electrons. The van der Waals surface area contributed by atoms with Gasteiger partial charge in [0.15, 0.2) is 5.13 Å². The first-order valence-corrected chi connectivity index (χ1v) is 6.91. The van der Waals surface area contributed by atoms with Crippen molar-refractivity contribution in [3.05, 3.63) is 4.88 Å². The van der Waals surface area contributed by atoms with Crippen LogP contribution in [0.3, 0.4) is 0 Å². The van der Waals surface area contributed by atoms with E-state index in [1.165, 1.54) is 11.3 Å². The van der Waals surface area contributed by atoms with Crippen LogP contribution < -0.4 is 16.4 Å². The molecule has 0 aromatic carbocycles. The zero-order valence-corrected chi connectivity index (χ0v) is 11.2. The molecule has 1 saturated carbocycles. The highest BCUT2D eigenvalue weighted by molar-refractivity contribution is 7.18. The minimum Gasteiger partial charge on any atom is -0.382 e. The number of carbonyl (C=O) groups is 1. The van der Waals surface area contributed by atoms with E-state index >= 15 is 0 Å². The number of hydrogen-bond donors (Lipinski definition) is 3. The Morgan fingerprint density at radius 3 is 3.06 bits per heavy atom. The van der Waals surface area contributed by atoms with E-state index in [-0.39, 0.29) is 11.7 Å².